The van der Waals surface area contributed by atoms with Crippen LogP contribution in [-0.2, 0) is 0 Å². The Kier molecular flexibility index (Phi) is 2.95. The molecule has 0 spiro atoms. The highest BCUT2D eigenvalue weighted by atomic mass is 35.5. The van der Waals surface area contributed by atoms with Gasteiger partial charge in [-0.3, -0.25) is 9.36 Å². The number of hydrogen-bond donors (Lipinski definition) is 2. The fourth-order valence-electron chi connectivity index (χ4n) is 1.37. The van der Waals surface area contributed by atoms with Gasteiger partial charge in [-0.15, -0.1) is 0 Å². The van der Waals surface area contributed by atoms with Gasteiger partial charge in [0.15, 0.2) is 9.94 Å². The van der Waals surface area contributed by atoms with Crippen LogP contribution in [0.15, 0.2) is 15.7 Å². The van der Waals surface area contributed by atoms with Gasteiger partial charge in [0.25, 0.3) is 0 Å². The topological polar surface area (TPSA) is 82.7 Å². The first kappa shape index (κ1) is 11.7. The van der Waals surface area contributed by atoms with Crippen LogP contribution in [0, 0.1) is 4.77 Å². The van der Waals surface area contributed by atoms with Crippen LogP contribution in [0.25, 0.3) is 6.08 Å². The molecule has 0 aliphatic carbocycles. The second kappa shape index (κ2) is 4.27. The molecule has 88 valence electrons. The number of aliphatic imine (C=N–C) groups is 2. The number of hydrogen-bond acceptors (Lipinski definition) is 5. The number of aromatic amines is 1. The van der Waals surface area contributed by atoms with Crippen LogP contribution in [0.5, 0.6) is 5.88 Å². The molecule has 1 aliphatic heterocycles. The van der Waals surface area contributed by atoms with Crippen LogP contribution < -0.4 is 0 Å². The van der Waals surface area contributed by atoms with Gasteiger partial charge in [0, 0.05) is 6.92 Å². The molecule has 0 atom stereocenters. The summed E-state index contributed by atoms with van der Waals surface area (Å²) in [6.45, 7) is 1.33. The summed E-state index contributed by atoms with van der Waals surface area (Å²) in [5.74, 6) is -0.544. The Morgan fingerprint density at radius 1 is 1.71 bits per heavy atom. The van der Waals surface area contributed by atoms with E-state index in [2.05, 4.69) is 15.0 Å². The molecule has 2 rings (SSSR count). The Bertz CT molecular complexity index is 638. The van der Waals surface area contributed by atoms with Crippen molar-refractivity contribution >= 4 is 47.3 Å². The number of carbonyl (C=O) groups excluding carboxylic acids is 1. The lowest BCUT2D eigenvalue weighted by molar-refractivity contribution is 0.0934. The molecule has 1 aromatic rings. The number of carbonyl (C=O) groups is 1. The fraction of sp³-hybridized carbons (Fsp3) is 0.111. The van der Waals surface area contributed by atoms with Crippen LogP contribution in [0.4, 0.5) is 0 Å². The van der Waals surface area contributed by atoms with Crippen LogP contribution in [0.3, 0.4) is 0 Å². The summed E-state index contributed by atoms with van der Waals surface area (Å²) < 4.78 is 1.26. The summed E-state index contributed by atoms with van der Waals surface area (Å²) in [7, 11) is 0. The Hall–Kier alpha value is -1.73. The largest absolute Gasteiger partial charge is 0.493 e. The van der Waals surface area contributed by atoms with Crippen molar-refractivity contribution < 1.29 is 9.90 Å². The lowest BCUT2D eigenvalue weighted by Crippen LogP contribution is -2.07. The van der Waals surface area contributed by atoms with Crippen molar-refractivity contribution in [2.75, 3.05) is 0 Å². The maximum atomic E-state index is 11.4. The van der Waals surface area contributed by atoms with Crippen LogP contribution in [0.1, 0.15) is 17.4 Å². The van der Waals surface area contributed by atoms with E-state index in [-0.39, 0.29) is 27.4 Å². The first-order valence-electron chi connectivity index (χ1n) is 4.53. The van der Waals surface area contributed by atoms with Crippen LogP contribution in [-0.4, -0.2) is 32.1 Å². The van der Waals surface area contributed by atoms with Gasteiger partial charge in [-0.05, 0) is 18.3 Å². The van der Waals surface area contributed by atoms with Crippen molar-refractivity contribution in [2.45, 2.75) is 6.92 Å². The smallest absolute Gasteiger partial charge is 0.230 e. The number of allylic oxidation sites excluding steroid dienone is 1. The van der Waals surface area contributed by atoms with E-state index < -0.39 is 0 Å². The molecule has 1 aliphatic rings. The molecule has 0 saturated heterocycles. The van der Waals surface area contributed by atoms with Gasteiger partial charge in [0.2, 0.25) is 11.8 Å². The summed E-state index contributed by atoms with van der Waals surface area (Å²) in [4.78, 5) is 21.5. The normalized spacial score (nSPS) is 16.6. The minimum atomic E-state index is -0.326. The molecule has 6 nitrogen and oxygen atoms in total. The molecule has 0 radical (unpaired) electrons. The van der Waals surface area contributed by atoms with Gasteiger partial charge in [0.1, 0.15) is 17.7 Å². The number of nitrogens with one attached hydrogen (secondary N) is 1. The minimum Gasteiger partial charge on any atom is -0.493 e. The Morgan fingerprint density at radius 3 is 2.94 bits per heavy atom. The monoisotopic (exact) mass is 270 g/mol. The van der Waals surface area contributed by atoms with Crippen LogP contribution >= 0.6 is 23.8 Å². The highest BCUT2D eigenvalue weighted by Crippen LogP contribution is 2.22. The van der Waals surface area contributed by atoms with Crippen molar-refractivity contribution in [3.8, 4) is 5.88 Å². The molecular weight excluding hydrogens is 264 g/mol. The molecule has 0 aromatic carbocycles. The van der Waals surface area contributed by atoms with E-state index in [1.807, 2.05) is 0 Å². The number of aromatic nitrogens is 2. The SMILES string of the molecule is CC(=O)n1c(C=C2N=CN=C2Cl)c(O)[nH]c1=S. The predicted octanol–water partition coefficient (Wildman–Crippen LogP) is 1.93. The van der Waals surface area contributed by atoms with Crippen LogP contribution in [0.2, 0.25) is 0 Å². The lowest BCUT2D eigenvalue weighted by atomic mass is 10.3. The number of nitrogens with zero attached hydrogens (tertiary/aromatic N) is 3. The van der Waals surface area contributed by atoms with E-state index in [4.69, 9.17) is 23.8 Å². The average molecular weight is 271 g/mol. The summed E-state index contributed by atoms with van der Waals surface area (Å²) in [5, 5.41) is 9.82. The molecule has 0 unspecified atom stereocenters. The zero-order chi connectivity index (χ0) is 12.6. The van der Waals surface area contributed by atoms with E-state index in [1.165, 1.54) is 19.3 Å². The van der Waals surface area contributed by atoms with E-state index in [9.17, 15) is 9.90 Å². The van der Waals surface area contributed by atoms with Gasteiger partial charge < -0.3 is 10.1 Å². The highest BCUT2D eigenvalue weighted by Gasteiger charge is 2.15. The third-order valence-electron chi connectivity index (χ3n) is 2.08. The van der Waals surface area contributed by atoms with Crippen molar-refractivity contribution in [3.63, 3.8) is 0 Å². The predicted molar refractivity (Wildman–Crippen MR) is 67.3 cm³/mol. The molecular formula is C9H7ClN4O2S. The third kappa shape index (κ3) is 2.06. The van der Waals surface area contributed by atoms with Gasteiger partial charge in [-0.1, -0.05) is 11.6 Å². The van der Waals surface area contributed by atoms with Gasteiger partial charge in [-0.2, -0.15) is 0 Å². The minimum absolute atomic E-state index is 0.108. The van der Waals surface area contributed by atoms with Crippen molar-refractivity contribution in [1.82, 2.24) is 9.55 Å². The number of H-pyrrole nitrogens is 1. The first-order chi connectivity index (χ1) is 8.00. The molecule has 0 fully saturated rings. The van der Waals surface area contributed by atoms with Gasteiger partial charge in [-0.25, -0.2) is 9.98 Å². The Labute approximate surface area is 106 Å². The Morgan fingerprint density at radius 2 is 2.41 bits per heavy atom. The maximum Gasteiger partial charge on any atom is 0.230 e. The van der Waals surface area contributed by atoms with E-state index in [1.54, 1.807) is 0 Å². The quantitative estimate of drug-likeness (QED) is 0.765. The zero-order valence-corrected chi connectivity index (χ0v) is 10.2. The van der Waals surface area contributed by atoms with Crippen molar-refractivity contribution in [3.05, 3.63) is 16.2 Å². The molecule has 0 bridgehead atoms. The number of rotatable bonds is 1. The summed E-state index contributed by atoms with van der Waals surface area (Å²) in [5.41, 5.74) is 0.552. The van der Waals surface area contributed by atoms with E-state index in [0.29, 0.717) is 5.70 Å². The molecule has 1 aromatic heterocycles. The lowest BCUT2D eigenvalue weighted by Gasteiger charge is -2.00. The van der Waals surface area contributed by atoms with Gasteiger partial charge in [0.05, 0.1) is 0 Å². The molecule has 2 N–H and O–H groups in total. The summed E-state index contributed by atoms with van der Waals surface area (Å²) in [6.07, 6.45) is 2.71. The van der Waals surface area contributed by atoms with Crippen molar-refractivity contribution in [2.24, 2.45) is 9.98 Å². The second-order valence-corrected chi connectivity index (χ2v) is 3.96. The summed E-state index contributed by atoms with van der Waals surface area (Å²) in [6, 6.07) is 0. The average Bonchev–Trinajstić information content (AvgIpc) is 2.73. The molecule has 2 heterocycles. The standard InChI is InChI=1S/C9H7ClN4O2S/c1-4(15)14-6(8(16)13-9(14)17)2-5-7(10)12-3-11-5/h2-3,16H,1H3,(H,13,17). The molecule has 0 amide bonds. The number of imidazole rings is 1. The van der Waals surface area contributed by atoms with Gasteiger partial charge >= 0.3 is 0 Å². The first-order valence-corrected chi connectivity index (χ1v) is 5.32. The number of aromatic hydroxyl groups is 1. The molecule has 0 saturated carbocycles. The Balaban J connectivity index is 2.61. The maximum absolute atomic E-state index is 11.4. The van der Waals surface area contributed by atoms with E-state index in [0.717, 1.165) is 4.57 Å². The van der Waals surface area contributed by atoms with Crippen molar-refractivity contribution in [1.29, 1.82) is 0 Å². The number of halogens is 1. The second-order valence-electron chi connectivity index (χ2n) is 3.21. The molecule has 8 heteroatoms. The fourth-order valence-corrected chi connectivity index (χ4v) is 1.84. The zero-order valence-electron chi connectivity index (χ0n) is 8.64. The summed E-state index contributed by atoms with van der Waals surface area (Å²) >= 11 is 10.7. The third-order valence-corrected chi connectivity index (χ3v) is 2.66. The highest BCUT2D eigenvalue weighted by molar-refractivity contribution is 7.71. The molecule has 17 heavy (non-hydrogen) atoms. The van der Waals surface area contributed by atoms with E-state index >= 15 is 0 Å².